The number of pyridine rings is 1. The van der Waals surface area contributed by atoms with E-state index in [1.807, 2.05) is 0 Å². The molecule has 2 N–H and O–H groups in total. The maximum absolute atomic E-state index is 16.2. The monoisotopic (exact) mass is 465 g/mol. The summed E-state index contributed by atoms with van der Waals surface area (Å²) in [5.74, 6) is -0.573. The zero-order chi connectivity index (χ0) is 23.6. The summed E-state index contributed by atoms with van der Waals surface area (Å²) >= 11 is 0. The van der Waals surface area contributed by atoms with Gasteiger partial charge in [-0.3, -0.25) is 0 Å². The fraction of sp³-hybridized carbons (Fsp3) is 0.292. The number of benzene rings is 2. The highest BCUT2D eigenvalue weighted by atomic mass is 19.1. The van der Waals surface area contributed by atoms with E-state index >= 15 is 4.39 Å². The van der Waals surface area contributed by atoms with Crippen LogP contribution in [0.5, 0.6) is 17.6 Å². The summed E-state index contributed by atoms with van der Waals surface area (Å²) in [5, 5.41) is 15.1. The van der Waals surface area contributed by atoms with Crippen molar-refractivity contribution in [2.24, 2.45) is 0 Å². The van der Waals surface area contributed by atoms with E-state index < -0.39 is 11.6 Å². The number of nitrogens with one attached hydrogen (secondary N) is 1. The number of aryl methyl sites for hydroxylation is 1. The summed E-state index contributed by atoms with van der Waals surface area (Å²) in [4.78, 5) is 15.4. The topological polar surface area (TPSA) is 92.6 Å². The summed E-state index contributed by atoms with van der Waals surface area (Å²) in [6.07, 6.45) is 0. The molecule has 0 saturated carbocycles. The van der Waals surface area contributed by atoms with E-state index in [-0.39, 0.29) is 40.5 Å². The number of halogens is 2. The van der Waals surface area contributed by atoms with Crippen LogP contribution in [0, 0.1) is 18.6 Å². The number of piperazine rings is 1. The first kappa shape index (κ1) is 20.8. The molecular formula is C24H21F2N5O3. The molecule has 2 aromatic heterocycles. The summed E-state index contributed by atoms with van der Waals surface area (Å²) in [6.45, 7) is 3.99. The SMILES string of the molecule is COc1nc2c3c(nc(-c4cc(O)cc5ccc(F)c(C)c45)c(F)c3n1)OC[C@@H]1CNCCN21. The van der Waals surface area contributed by atoms with Crippen molar-refractivity contribution < 1.29 is 23.4 Å². The number of phenolic OH excluding ortho intramolecular Hbond substituents is 1. The van der Waals surface area contributed by atoms with Gasteiger partial charge < -0.3 is 24.8 Å². The Balaban J connectivity index is 1.70. The molecule has 1 atom stereocenters. The Labute approximate surface area is 193 Å². The zero-order valence-corrected chi connectivity index (χ0v) is 18.5. The summed E-state index contributed by atoms with van der Waals surface area (Å²) in [5.41, 5.74) is 0.465. The van der Waals surface area contributed by atoms with Gasteiger partial charge in [0.15, 0.2) is 5.82 Å². The molecule has 0 amide bonds. The first-order valence-corrected chi connectivity index (χ1v) is 10.9. The lowest BCUT2D eigenvalue weighted by Gasteiger charge is -2.35. The number of aromatic hydroxyl groups is 1. The summed E-state index contributed by atoms with van der Waals surface area (Å²) < 4.78 is 42.0. The van der Waals surface area contributed by atoms with Gasteiger partial charge in [-0.05, 0) is 41.5 Å². The second kappa shape index (κ2) is 7.63. The molecule has 0 aliphatic carbocycles. The van der Waals surface area contributed by atoms with Crippen LogP contribution >= 0.6 is 0 Å². The van der Waals surface area contributed by atoms with Gasteiger partial charge in [-0.2, -0.15) is 9.97 Å². The second-order valence-electron chi connectivity index (χ2n) is 8.46. The Morgan fingerprint density at radius 2 is 2.03 bits per heavy atom. The maximum atomic E-state index is 16.2. The highest BCUT2D eigenvalue weighted by Crippen LogP contribution is 2.43. The maximum Gasteiger partial charge on any atom is 0.318 e. The lowest BCUT2D eigenvalue weighted by Crippen LogP contribution is -2.53. The van der Waals surface area contributed by atoms with Crippen molar-refractivity contribution in [1.82, 2.24) is 20.3 Å². The molecule has 34 heavy (non-hydrogen) atoms. The minimum absolute atomic E-state index is 0.00779. The quantitative estimate of drug-likeness (QED) is 0.466. The van der Waals surface area contributed by atoms with Crippen molar-refractivity contribution in [3.05, 3.63) is 41.5 Å². The molecule has 2 aliphatic heterocycles. The first-order chi connectivity index (χ1) is 16.5. The average Bonchev–Trinajstić information content (AvgIpc) is 3.00. The third-order valence-corrected chi connectivity index (χ3v) is 6.48. The van der Waals surface area contributed by atoms with Crippen molar-refractivity contribution >= 4 is 27.5 Å². The highest BCUT2D eigenvalue weighted by Gasteiger charge is 2.34. The first-order valence-electron chi connectivity index (χ1n) is 10.9. The van der Waals surface area contributed by atoms with Gasteiger partial charge in [-0.15, -0.1) is 0 Å². The predicted molar refractivity (Wildman–Crippen MR) is 123 cm³/mol. The van der Waals surface area contributed by atoms with Crippen LogP contribution in [-0.2, 0) is 0 Å². The van der Waals surface area contributed by atoms with Crippen LogP contribution in [0.25, 0.3) is 32.9 Å². The van der Waals surface area contributed by atoms with Crippen LogP contribution in [0.15, 0.2) is 24.3 Å². The van der Waals surface area contributed by atoms with Crippen LogP contribution in [0.2, 0.25) is 0 Å². The number of fused-ring (bicyclic) bond motifs is 3. The number of anilines is 1. The fourth-order valence-corrected chi connectivity index (χ4v) is 4.84. The van der Waals surface area contributed by atoms with Crippen molar-refractivity contribution in [2.45, 2.75) is 13.0 Å². The van der Waals surface area contributed by atoms with Crippen molar-refractivity contribution in [3.8, 4) is 28.9 Å². The molecule has 4 aromatic rings. The molecule has 0 unspecified atom stereocenters. The minimum atomic E-state index is -0.728. The average molecular weight is 465 g/mol. The normalized spacial score (nSPS) is 17.4. The lowest BCUT2D eigenvalue weighted by molar-refractivity contribution is 0.266. The molecule has 2 aliphatic rings. The molecular weight excluding hydrogens is 444 g/mol. The number of ether oxygens (including phenoxy) is 2. The highest BCUT2D eigenvalue weighted by molar-refractivity contribution is 6.03. The van der Waals surface area contributed by atoms with E-state index in [0.717, 1.165) is 6.54 Å². The van der Waals surface area contributed by atoms with Crippen LogP contribution in [0.1, 0.15) is 5.56 Å². The summed E-state index contributed by atoms with van der Waals surface area (Å²) in [7, 11) is 1.42. The van der Waals surface area contributed by atoms with Gasteiger partial charge in [-0.25, -0.2) is 13.8 Å². The van der Waals surface area contributed by atoms with Gasteiger partial charge in [0.25, 0.3) is 0 Å². The third-order valence-electron chi connectivity index (χ3n) is 6.48. The van der Waals surface area contributed by atoms with Gasteiger partial charge in [0.05, 0.1) is 13.2 Å². The Bertz CT molecular complexity index is 1480. The molecule has 6 rings (SSSR count). The van der Waals surface area contributed by atoms with Crippen LogP contribution in [0.4, 0.5) is 14.6 Å². The van der Waals surface area contributed by atoms with Crippen LogP contribution < -0.4 is 19.7 Å². The number of methoxy groups -OCH3 is 1. The van der Waals surface area contributed by atoms with Gasteiger partial charge in [-0.1, -0.05) is 6.07 Å². The summed E-state index contributed by atoms with van der Waals surface area (Å²) in [6, 6.07) is 5.73. The van der Waals surface area contributed by atoms with E-state index in [9.17, 15) is 9.50 Å². The number of aromatic nitrogens is 3. The smallest absolute Gasteiger partial charge is 0.318 e. The van der Waals surface area contributed by atoms with E-state index in [0.29, 0.717) is 47.2 Å². The van der Waals surface area contributed by atoms with E-state index in [4.69, 9.17) is 9.47 Å². The fourth-order valence-electron chi connectivity index (χ4n) is 4.84. The molecule has 1 saturated heterocycles. The third kappa shape index (κ3) is 3.02. The molecule has 0 radical (unpaired) electrons. The van der Waals surface area contributed by atoms with Gasteiger partial charge in [0.1, 0.15) is 40.6 Å². The Morgan fingerprint density at radius 3 is 2.85 bits per heavy atom. The molecule has 174 valence electrons. The molecule has 0 bridgehead atoms. The predicted octanol–water partition coefficient (Wildman–Crippen LogP) is 3.32. The van der Waals surface area contributed by atoms with Gasteiger partial charge in [0.2, 0.25) is 5.88 Å². The molecule has 1 fully saturated rings. The number of hydrogen-bond donors (Lipinski definition) is 2. The Morgan fingerprint density at radius 1 is 1.18 bits per heavy atom. The molecule has 0 spiro atoms. The number of hydrogen-bond acceptors (Lipinski definition) is 8. The molecule has 2 aromatic carbocycles. The van der Waals surface area contributed by atoms with Gasteiger partial charge in [0, 0.05) is 25.2 Å². The lowest BCUT2D eigenvalue weighted by atomic mass is 9.96. The van der Waals surface area contributed by atoms with E-state index in [2.05, 4.69) is 25.2 Å². The largest absolute Gasteiger partial charge is 0.508 e. The molecule has 4 heterocycles. The number of nitrogens with zero attached hydrogens (tertiary/aromatic N) is 4. The van der Waals surface area contributed by atoms with Crippen LogP contribution in [-0.4, -0.2) is 59.5 Å². The van der Waals surface area contributed by atoms with Gasteiger partial charge >= 0.3 is 6.01 Å². The number of phenols is 1. The standard InChI is InChI=1S/C24H21F2N5O3/c1-11-16(25)4-3-12-7-14(32)8-15(17(11)12)20-19(26)21-18-22(30-24(29-21)33-2)31-6-5-27-9-13(31)10-34-23(18)28-20/h3-4,7-8,13,27,32H,5-6,9-10H2,1-2H3/t13-/m0/s1. The molecule has 10 heteroatoms. The Kier molecular flexibility index (Phi) is 4.66. The minimum Gasteiger partial charge on any atom is -0.508 e. The number of rotatable bonds is 2. The van der Waals surface area contributed by atoms with Crippen LogP contribution in [0.3, 0.4) is 0 Å². The zero-order valence-electron chi connectivity index (χ0n) is 18.5. The van der Waals surface area contributed by atoms with Crippen molar-refractivity contribution in [3.63, 3.8) is 0 Å². The van der Waals surface area contributed by atoms with E-state index in [1.165, 1.54) is 25.3 Å². The molecule has 8 nitrogen and oxygen atoms in total. The van der Waals surface area contributed by atoms with E-state index in [1.54, 1.807) is 13.0 Å². The van der Waals surface area contributed by atoms with Crippen molar-refractivity contribution in [2.75, 3.05) is 38.3 Å². The Hall–Kier alpha value is -3.79. The van der Waals surface area contributed by atoms with Crippen molar-refractivity contribution in [1.29, 1.82) is 0 Å². The second-order valence-corrected chi connectivity index (χ2v) is 8.46.